The molecule has 0 bridgehead atoms. The molecule has 2 heterocycles. The lowest BCUT2D eigenvalue weighted by Crippen LogP contribution is -2.00. The number of hydrogen-bond donors (Lipinski definition) is 0. The van der Waals surface area contributed by atoms with Crippen molar-refractivity contribution in [1.82, 2.24) is 19.9 Å². The summed E-state index contributed by atoms with van der Waals surface area (Å²) >= 11 is 1.72. The van der Waals surface area contributed by atoms with Gasteiger partial charge in [-0.05, 0) is 51.2 Å². The normalized spacial score (nSPS) is 11.6. The predicted molar refractivity (Wildman–Crippen MR) is 187 cm³/mol. The fourth-order valence-corrected chi connectivity index (χ4v) is 7.06. The largest absolute Gasteiger partial charge is 0.236 e. The zero-order chi connectivity index (χ0) is 29.7. The van der Waals surface area contributed by atoms with Crippen molar-refractivity contribution in [3.63, 3.8) is 0 Å². The van der Waals surface area contributed by atoms with Crippen LogP contribution in [0, 0.1) is 0 Å². The minimum atomic E-state index is 0.642. The minimum Gasteiger partial charge on any atom is -0.236 e. The minimum absolute atomic E-state index is 0.642. The van der Waals surface area contributed by atoms with Gasteiger partial charge in [0.25, 0.3) is 0 Å². The molecular weight excluding hydrogens is 569 g/mol. The summed E-state index contributed by atoms with van der Waals surface area (Å²) in [6, 6.07) is 50.6. The van der Waals surface area contributed by atoms with Crippen molar-refractivity contribution in [2.24, 2.45) is 0 Å². The van der Waals surface area contributed by atoms with Gasteiger partial charge >= 0.3 is 0 Å². The molecule has 0 unspecified atom stereocenters. The summed E-state index contributed by atoms with van der Waals surface area (Å²) in [6.45, 7) is 0. The molecule has 0 aliphatic heterocycles. The number of nitrogens with zero attached hydrogens (tertiary/aromatic N) is 4. The molecule has 0 atom stereocenters. The smallest absolute Gasteiger partial charge is 0.164 e. The predicted octanol–water partition coefficient (Wildman–Crippen LogP) is 10.6. The maximum absolute atomic E-state index is 5.07. The fraction of sp³-hybridized carbons (Fsp3) is 0. The lowest BCUT2D eigenvalue weighted by Gasteiger charge is -2.10. The van der Waals surface area contributed by atoms with Crippen LogP contribution in [0.25, 0.3) is 87.3 Å². The van der Waals surface area contributed by atoms with E-state index in [0.29, 0.717) is 17.5 Å². The molecule has 9 aromatic rings. The summed E-state index contributed by atoms with van der Waals surface area (Å²) in [5, 5.41) is 7.98. The Kier molecular flexibility index (Phi) is 5.96. The first-order chi connectivity index (χ1) is 22.2. The number of benzene rings is 7. The van der Waals surface area contributed by atoms with Gasteiger partial charge in [-0.1, -0.05) is 121 Å². The molecule has 0 fully saturated rings. The van der Waals surface area contributed by atoms with Crippen LogP contribution in [-0.4, -0.2) is 19.9 Å². The third-order valence-electron chi connectivity index (χ3n) is 8.30. The molecule has 0 saturated carbocycles. The van der Waals surface area contributed by atoms with Crippen molar-refractivity contribution in [2.45, 2.75) is 0 Å². The van der Waals surface area contributed by atoms with Crippen LogP contribution in [0.5, 0.6) is 0 Å². The Morgan fingerprint density at radius 1 is 0.356 bits per heavy atom. The van der Waals surface area contributed by atoms with Crippen LogP contribution < -0.4 is 0 Å². The topological polar surface area (TPSA) is 51.6 Å². The maximum atomic E-state index is 5.07. The highest BCUT2D eigenvalue weighted by Gasteiger charge is 2.15. The van der Waals surface area contributed by atoms with Gasteiger partial charge in [-0.3, -0.25) is 0 Å². The molecule has 0 saturated heterocycles. The fourth-order valence-electron chi connectivity index (χ4n) is 5.97. The van der Waals surface area contributed by atoms with E-state index in [1.807, 2.05) is 6.07 Å². The molecule has 0 spiro atoms. The Morgan fingerprint density at radius 2 is 0.844 bits per heavy atom. The second-order valence-electron chi connectivity index (χ2n) is 11.2. The van der Waals surface area contributed by atoms with E-state index in [9.17, 15) is 0 Å². The van der Waals surface area contributed by atoms with Crippen molar-refractivity contribution in [3.8, 4) is 44.7 Å². The van der Waals surface area contributed by atoms with Gasteiger partial charge in [0.05, 0.1) is 10.2 Å². The van der Waals surface area contributed by atoms with Crippen molar-refractivity contribution in [3.05, 3.63) is 146 Å². The van der Waals surface area contributed by atoms with Gasteiger partial charge in [0.2, 0.25) is 0 Å². The first-order valence-corrected chi connectivity index (χ1v) is 15.7. The van der Waals surface area contributed by atoms with E-state index in [4.69, 9.17) is 19.9 Å². The Labute approximate surface area is 263 Å². The van der Waals surface area contributed by atoms with Gasteiger partial charge in [0, 0.05) is 27.6 Å². The van der Waals surface area contributed by atoms with Crippen LogP contribution in [0.3, 0.4) is 0 Å². The second-order valence-corrected chi connectivity index (χ2v) is 12.2. The summed E-state index contributed by atoms with van der Waals surface area (Å²) in [7, 11) is 0. The van der Waals surface area contributed by atoms with Crippen LogP contribution in [0.15, 0.2) is 146 Å². The molecule has 0 aliphatic rings. The molecule has 0 N–H and O–H groups in total. The molecule has 4 nitrogen and oxygen atoms in total. The molecule has 0 aliphatic carbocycles. The Bertz CT molecular complexity index is 2460. The maximum Gasteiger partial charge on any atom is 0.164 e. The number of fused-ring (bicyclic) bond motifs is 5. The average molecular weight is 593 g/mol. The third-order valence-corrected chi connectivity index (χ3v) is 9.46. The summed E-state index contributed by atoms with van der Waals surface area (Å²) < 4.78 is 1.16. The molecule has 7 aromatic carbocycles. The van der Waals surface area contributed by atoms with Crippen LogP contribution in [0.2, 0.25) is 0 Å². The molecule has 45 heavy (non-hydrogen) atoms. The van der Waals surface area contributed by atoms with Crippen LogP contribution in [0.1, 0.15) is 0 Å². The lowest BCUT2D eigenvalue weighted by atomic mass is 10.0. The molecule has 210 valence electrons. The molecule has 0 amide bonds. The Balaban J connectivity index is 1.24. The summed E-state index contributed by atoms with van der Waals surface area (Å²) in [5.41, 5.74) is 4.97. The average Bonchev–Trinajstić information content (AvgIpc) is 3.56. The Morgan fingerprint density at radius 3 is 1.44 bits per heavy atom. The van der Waals surface area contributed by atoms with E-state index < -0.39 is 0 Å². The Hall–Kier alpha value is -5.78. The quantitative estimate of drug-likeness (QED) is 0.204. The van der Waals surface area contributed by atoms with Gasteiger partial charge < -0.3 is 0 Å². The standard InChI is InChI=1S/C40H24N4S/c1-2-10-28(11-3-1)40-41-35-21-20-27-16-19-33(24-34(27)36(35)45-40)39-43-37(31-17-14-25-8-4-6-12-29(25)22-31)42-38(44-39)32-18-15-26-9-5-7-13-30(26)23-32/h1-24H. The van der Waals surface area contributed by atoms with E-state index in [1.165, 1.54) is 10.8 Å². The van der Waals surface area contributed by atoms with Crippen molar-refractivity contribution in [1.29, 1.82) is 0 Å². The highest BCUT2D eigenvalue weighted by molar-refractivity contribution is 7.22. The molecular formula is C40H24N4S. The lowest BCUT2D eigenvalue weighted by molar-refractivity contribution is 1.08. The summed E-state index contributed by atoms with van der Waals surface area (Å²) in [5.74, 6) is 1.94. The first-order valence-electron chi connectivity index (χ1n) is 14.9. The van der Waals surface area contributed by atoms with E-state index in [-0.39, 0.29) is 0 Å². The van der Waals surface area contributed by atoms with Crippen LogP contribution in [-0.2, 0) is 0 Å². The van der Waals surface area contributed by atoms with Gasteiger partial charge in [-0.15, -0.1) is 11.3 Å². The number of aromatic nitrogens is 4. The molecule has 2 aromatic heterocycles. The van der Waals surface area contributed by atoms with Gasteiger partial charge in [0.1, 0.15) is 5.01 Å². The third kappa shape index (κ3) is 4.62. The summed E-state index contributed by atoms with van der Waals surface area (Å²) in [4.78, 5) is 20.1. The van der Waals surface area contributed by atoms with Crippen molar-refractivity contribution >= 4 is 53.9 Å². The number of hydrogen-bond acceptors (Lipinski definition) is 5. The van der Waals surface area contributed by atoms with E-state index in [1.54, 1.807) is 11.3 Å². The second kappa shape index (κ2) is 10.4. The van der Waals surface area contributed by atoms with Crippen molar-refractivity contribution in [2.75, 3.05) is 0 Å². The number of rotatable bonds is 4. The molecule has 0 radical (unpaired) electrons. The number of thiazole rings is 1. The van der Waals surface area contributed by atoms with E-state index in [0.717, 1.165) is 59.0 Å². The first kappa shape index (κ1) is 25.7. The zero-order valence-electron chi connectivity index (χ0n) is 24.1. The summed E-state index contributed by atoms with van der Waals surface area (Å²) in [6.07, 6.45) is 0. The van der Waals surface area contributed by atoms with E-state index in [2.05, 4.69) is 140 Å². The van der Waals surface area contributed by atoms with Crippen molar-refractivity contribution < 1.29 is 0 Å². The van der Waals surface area contributed by atoms with E-state index >= 15 is 0 Å². The SMILES string of the molecule is c1ccc(-c2nc3ccc4ccc(-c5nc(-c6ccc7ccccc7c6)nc(-c6ccc7ccccc7c6)n5)cc4c3s2)cc1. The van der Waals surface area contributed by atoms with Crippen LogP contribution in [0.4, 0.5) is 0 Å². The zero-order valence-corrected chi connectivity index (χ0v) is 24.9. The van der Waals surface area contributed by atoms with Crippen LogP contribution >= 0.6 is 11.3 Å². The molecule has 9 rings (SSSR count). The van der Waals surface area contributed by atoms with Gasteiger partial charge in [0.15, 0.2) is 17.5 Å². The van der Waals surface area contributed by atoms with Gasteiger partial charge in [-0.2, -0.15) is 0 Å². The highest BCUT2D eigenvalue weighted by Crippen LogP contribution is 2.37. The van der Waals surface area contributed by atoms with Gasteiger partial charge in [-0.25, -0.2) is 19.9 Å². The highest BCUT2D eigenvalue weighted by atomic mass is 32.1. The molecule has 5 heteroatoms. The monoisotopic (exact) mass is 592 g/mol.